The molecule has 1 aromatic carbocycles. The van der Waals surface area contributed by atoms with Crippen LogP contribution in [-0.4, -0.2) is 38.7 Å². The number of hydrogen-bond acceptors (Lipinski definition) is 4. The van der Waals surface area contributed by atoms with Gasteiger partial charge in [-0.2, -0.15) is 0 Å². The second-order valence-electron chi connectivity index (χ2n) is 7.10. The molecule has 2 unspecified atom stereocenters. The van der Waals surface area contributed by atoms with Crippen LogP contribution in [0.4, 0.5) is 0 Å². The van der Waals surface area contributed by atoms with Crippen LogP contribution in [0.3, 0.4) is 0 Å². The Morgan fingerprint density at radius 1 is 1.27 bits per heavy atom. The molecule has 1 amide bonds. The number of nitrogens with zero attached hydrogens (tertiary/aromatic N) is 1. The standard InChI is InChI=1S/C24H29N3O2S/c1-16(2)30(7,29)18(4)12-11-17(3)20(6)27-23(19(5)25)14-13-21-9-8-10-22(15-21)24(26)28/h8-12,15,20,25H,3-4H2,1-2,5-7H3,(H2,26,28)/b12-11-,25-19?,27-23?. The molecular formula is C24H29N3O2S. The average molecular weight is 424 g/mol. The molecule has 6 heteroatoms. The molecule has 0 radical (unpaired) electrons. The molecule has 0 aliphatic rings. The molecule has 2 atom stereocenters. The summed E-state index contributed by atoms with van der Waals surface area (Å²) in [4.78, 5) is 17.1. The number of rotatable bonds is 7. The van der Waals surface area contributed by atoms with Gasteiger partial charge in [0, 0.05) is 22.3 Å². The van der Waals surface area contributed by atoms with Gasteiger partial charge in [0.1, 0.15) is 5.71 Å². The molecule has 0 spiro atoms. The molecule has 0 aromatic heterocycles. The number of benzene rings is 1. The molecule has 5 nitrogen and oxygen atoms in total. The predicted octanol–water partition coefficient (Wildman–Crippen LogP) is 3.76. The van der Waals surface area contributed by atoms with Crippen molar-refractivity contribution in [3.8, 4) is 11.8 Å². The molecule has 0 aliphatic heterocycles. The zero-order valence-corrected chi connectivity index (χ0v) is 19.0. The van der Waals surface area contributed by atoms with E-state index in [1.807, 2.05) is 20.8 Å². The van der Waals surface area contributed by atoms with Crippen LogP contribution >= 0.6 is 0 Å². The Labute approximate surface area is 180 Å². The van der Waals surface area contributed by atoms with Crippen LogP contribution in [0.2, 0.25) is 0 Å². The van der Waals surface area contributed by atoms with E-state index in [9.17, 15) is 9.00 Å². The van der Waals surface area contributed by atoms with Gasteiger partial charge in [-0.1, -0.05) is 31.2 Å². The van der Waals surface area contributed by atoms with Crippen molar-refractivity contribution in [3.05, 3.63) is 71.2 Å². The van der Waals surface area contributed by atoms with Crippen LogP contribution in [0.1, 0.15) is 43.6 Å². The number of aliphatic imine (C=N–C) groups is 1. The fraction of sp³-hybridized carbons (Fsp3) is 0.250. The first-order valence-electron chi connectivity index (χ1n) is 9.26. The van der Waals surface area contributed by atoms with Gasteiger partial charge in [-0.15, -0.1) is 0 Å². The maximum Gasteiger partial charge on any atom is 0.248 e. The van der Waals surface area contributed by atoms with E-state index >= 15 is 0 Å². The van der Waals surface area contributed by atoms with Crippen LogP contribution in [0, 0.1) is 17.3 Å². The third-order valence-corrected chi connectivity index (χ3v) is 7.14. The van der Waals surface area contributed by atoms with Crippen molar-refractivity contribution in [2.75, 3.05) is 6.26 Å². The minimum absolute atomic E-state index is 0.217. The Hall–Kier alpha value is -3.17. The van der Waals surface area contributed by atoms with Gasteiger partial charge < -0.3 is 11.1 Å². The molecule has 158 valence electrons. The van der Waals surface area contributed by atoms with Crippen LogP contribution in [0.25, 0.3) is 0 Å². The molecule has 0 heterocycles. The monoisotopic (exact) mass is 423 g/mol. The third kappa shape index (κ3) is 7.02. The fourth-order valence-electron chi connectivity index (χ4n) is 2.11. The second kappa shape index (κ2) is 10.6. The zero-order valence-electron chi connectivity index (χ0n) is 18.2. The van der Waals surface area contributed by atoms with Crippen molar-refractivity contribution in [2.24, 2.45) is 10.7 Å². The number of carbonyl (C=O) groups excluding carboxylic acids is 1. The van der Waals surface area contributed by atoms with E-state index in [1.165, 1.54) is 0 Å². The van der Waals surface area contributed by atoms with E-state index in [-0.39, 0.29) is 11.8 Å². The highest BCUT2D eigenvalue weighted by Gasteiger charge is 2.08. The van der Waals surface area contributed by atoms with E-state index in [0.29, 0.717) is 27.3 Å². The zero-order chi connectivity index (χ0) is 23.1. The Balaban J connectivity index is 3.10. The van der Waals surface area contributed by atoms with E-state index in [0.717, 1.165) is 4.86 Å². The van der Waals surface area contributed by atoms with Gasteiger partial charge in [0.2, 0.25) is 5.91 Å². The van der Waals surface area contributed by atoms with Gasteiger partial charge >= 0.3 is 0 Å². The highest BCUT2D eigenvalue weighted by Crippen LogP contribution is 2.12. The SMILES string of the molecule is C=C(/C=C\C(=C)S(C)(=O)=C(C)C)C(C)N=C(C#Cc1cccc(C(N)=O)c1)C(C)=N. The van der Waals surface area contributed by atoms with Crippen LogP contribution < -0.4 is 5.73 Å². The van der Waals surface area contributed by atoms with Gasteiger partial charge in [0.25, 0.3) is 0 Å². The number of nitrogens with one attached hydrogen (secondary N) is 1. The summed E-state index contributed by atoms with van der Waals surface area (Å²) in [5.41, 5.74) is 7.47. The lowest BCUT2D eigenvalue weighted by molar-refractivity contribution is 0.1000. The number of primary amides is 1. The summed E-state index contributed by atoms with van der Waals surface area (Å²) in [7, 11) is -2.26. The van der Waals surface area contributed by atoms with Gasteiger partial charge in [0.05, 0.1) is 11.8 Å². The van der Waals surface area contributed by atoms with Gasteiger partial charge in [-0.3, -0.25) is 14.0 Å². The number of carbonyl (C=O) groups is 1. The van der Waals surface area contributed by atoms with Crippen LogP contribution in [0.5, 0.6) is 0 Å². The van der Waals surface area contributed by atoms with Crippen molar-refractivity contribution >= 4 is 31.7 Å². The summed E-state index contributed by atoms with van der Waals surface area (Å²) < 4.78 is 12.6. The molecule has 0 fully saturated rings. The van der Waals surface area contributed by atoms with E-state index in [4.69, 9.17) is 11.1 Å². The van der Waals surface area contributed by atoms with Gasteiger partial charge in [-0.25, -0.2) is 0 Å². The first-order chi connectivity index (χ1) is 13.9. The molecule has 0 saturated heterocycles. The van der Waals surface area contributed by atoms with Crippen LogP contribution in [0.15, 0.2) is 65.0 Å². The average Bonchev–Trinajstić information content (AvgIpc) is 2.68. The molecule has 3 N–H and O–H groups in total. The molecular weight excluding hydrogens is 394 g/mol. The summed E-state index contributed by atoms with van der Waals surface area (Å²) in [6.07, 6.45) is 5.10. The number of hydrogen-bond donors (Lipinski definition) is 2. The molecule has 1 aromatic rings. The van der Waals surface area contributed by atoms with Gasteiger partial charge in [0.15, 0.2) is 0 Å². The highest BCUT2D eigenvalue weighted by atomic mass is 32.2. The lowest BCUT2D eigenvalue weighted by Gasteiger charge is -2.10. The number of amides is 1. The normalized spacial score (nSPS) is 14.2. The maximum absolute atomic E-state index is 12.6. The Morgan fingerprint density at radius 2 is 1.90 bits per heavy atom. The minimum Gasteiger partial charge on any atom is -0.366 e. The summed E-state index contributed by atoms with van der Waals surface area (Å²) in [5.74, 6) is 5.27. The molecule has 0 saturated carbocycles. The highest BCUT2D eigenvalue weighted by molar-refractivity contribution is 8.05. The van der Waals surface area contributed by atoms with Crippen LogP contribution in [-0.2, 0) is 9.52 Å². The lowest BCUT2D eigenvalue weighted by Crippen LogP contribution is -2.12. The van der Waals surface area contributed by atoms with Crippen molar-refractivity contribution in [1.29, 1.82) is 5.41 Å². The van der Waals surface area contributed by atoms with Crippen molar-refractivity contribution in [2.45, 2.75) is 33.7 Å². The first-order valence-corrected chi connectivity index (χ1v) is 11.2. The second-order valence-corrected chi connectivity index (χ2v) is 10.1. The van der Waals surface area contributed by atoms with E-state index in [1.54, 1.807) is 49.6 Å². The summed E-state index contributed by atoms with van der Waals surface area (Å²) >= 11 is 0. The summed E-state index contributed by atoms with van der Waals surface area (Å²) in [6.45, 7) is 15.0. The number of allylic oxidation sites excluding steroid dienone is 1. The van der Waals surface area contributed by atoms with E-state index < -0.39 is 15.4 Å². The maximum atomic E-state index is 12.6. The number of nitrogens with two attached hydrogens (primary N) is 1. The van der Waals surface area contributed by atoms with Crippen molar-refractivity contribution in [1.82, 2.24) is 0 Å². The Morgan fingerprint density at radius 3 is 2.43 bits per heavy atom. The topological polar surface area (TPSA) is 96.4 Å². The molecule has 0 aliphatic carbocycles. The molecule has 30 heavy (non-hydrogen) atoms. The Bertz CT molecular complexity index is 1130. The van der Waals surface area contributed by atoms with E-state index in [2.05, 4.69) is 30.0 Å². The minimum atomic E-state index is -2.26. The molecule has 0 bridgehead atoms. The van der Waals surface area contributed by atoms with Crippen molar-refractivity contribution in [3.63, 3.8) is 0 Å². The quantitative estimate of drug-likeness (QED) is 0.302. The summed E-state index contributed by atoms with van der Waals surface area (Å²) in [6, 6.07) is 6.32. The third-order valence-electron chi connectivity index (χ3n) is 4.45. The van der Waals surface area contributed by atoms with Crippen molar-refractivity contribution < 1.29 is 9.00 Å². The summed E-state index contributed by atoms with van der Waals surface area (Å²) in [5, 5.41) is 7.95. The predicted molar refractivity (Wildman–Crippen MR) is 130 cm³/mol. The fourth-order valence-corrected chi connectivity index (χ4v) is 2.96. The Kier molecular flexibility index (Phi) is 8.75. The first kappa shape index (κ1) is 24.9. The largest absolute Gasteiger partial charge is 0.366 e. The smallest absolute Gasteiger partial charge is 0.248 e. The lowest BCUT2D eigenvalue weighted by atomic mass is 10.1. The van der Waals surface area contributed by atoms with Gasteiger partial charge in [-0.05, 0) is 77.8 Å². The molecule has 1 rings (SSSR count).